The third kappa shape index (κ3) is 4.25. The second-order valence-corrected chi connectivity index (χ2v) is 7.09. The average molecular weight is 278 g/mol. The van der Waals surface area contributed by atoms with Gasteiger partial charge in [-0.3, -0.25) is 0 Å². The van der Waals surface area contributed by atoms with Gasteiger partial charge < -0.3 is 0 Å². The van der Waals surface area contributed by atoms with Gasteiger partial charge in [0, 0.05) is 10.1 Å². The molecular formula is C7H11BrCl2S. The fraction of sp³-hybridized carbons (Fsp3) is 1.00. The van der Waals surface area contributed by atoms with Crippen molar-refractivity contribution in [3.05, 3.63) is 0 Å². The average Bonchev–Trinajstić information content (AvgIpc) is 1.93. The van der Waals surface area contributed by atoms with Crippen LogP contribution in [0.3, 0.4) is 0 Å². The lowest BCUT2D eigenvalue weighted by Gasteiger charge is -2.24. The number of rotatable bonds is 2. The fourth-order valence-electron chi connectivity index (χ4n) is 1.30. The summed E-state index contributed by atoms with van der Waals surface area (Å²) >= 11 is 16.6. The smallest absolute Gasteiger partial charge is 0.123 e. The molecule has 0 radical (unpaired) electrons. The van der Waals surface area contributed by atoms with Gasteiger partial charge in [0.15, 0.2) is 4.17 Å². The first kappa shape index (κ1) is 10.5. The van der Waals surface area contributed by atoms with Crippen LogP contribution in [0.15, 0.2) is 0 Å². The molecule has 0 nitrogen and oxygen atoms in total. The minimum atomic E-state index is -0.244. The van der Waals surface area contributed by atoms with Gasteiger partial charge in [-0.05, 0) is 25.7 Å². The van der Waals surface area contributed by atoms with Crippen LogP contribution in [0, 0.1) is 0 Å². The molecule has 0 spiro atoms. The molecule has 0 N–H and O–H groups in total. The first-order valence-corrected chi connectivity index (χ1v) is 6.49. The maximum absolute atomic E-state index is 5.66. The monoisotopic (exact) mass is 276 g/mol. The Bertz CT molecular complexity index is 113. The molecule has 1 aliphatic carbocycles. The van der Waals surface area contributed by atoms with Gasteiger partial charge in [-0.15, -0.1) is 11.8 Å². The molecule has 0 unspecified atom stereocenters. The van der Waals surface area contributed by atoms with Gasteiger partial charge >= 0.3 is 0 Å². The highest BCUT2D eigenvalue weighted by molar-refractivity contribution is 9.09. The maximum Gasteiger partial charge on any atom is 0.153 e. The van der Waals surface area contributed by atoms with Crippen LogP contribution in [0.4, 0.5) is 0 Å². The van der Waals surface area contributed by atoms with E-state index in [-0.39, 0.29) is 4.17 Å². The first-order valence-electron chi connectivity index (χ1n) is 3.76. The van der Waals surface area contributed by atoms with Crippen molar-refractivity contribution in [3.8, 4) is 0 Å². The van der Waals surface area contributed by atoms with E-state index in [0.29, 0.717) is 5.25 Å². The Balaban J connectivity index is 2.17. The topological polar surface area (TPSA) is 0 Å². The molecule has 0 saturated heterocycles. The lowest BCUT2D eigenvalue weighted by Crippen LogP contribution is -2.16. The summed E-state index contributed by atoms with van der Waals surface area (Å²) in [7, 11) is 0. The predicted molar refractivity (Wildman–Crippen MR) is 58.1 cm³/mol. The van der Waals surface area contributed by atoms with Crippen molar-refractivity contribution in [2.24, 2.45) is 0 Å². The van der Waals surface area contributed by atoms with E-state index in [2.05, 4.69) is 15.9 Å². The Morgan fingerprint density at radius 2 is 1.73 bits per heavy atom. The summed E-state index contributed by atoms with van der Waals surface area (Å²) in [5.41, 5.74) is 0. The minimum absolute atomic E-state index is 0.244. The normalized spacial score (nSPS) is 32.7. The molecule has 1 aliphatic rings. The van der Waals surface area contributed by atoms with Crippen LogP contribution in [-0.2, 0) is 0 Å². The van der Waals surface area contributed by atoms with Gasteiger partial charge in [0.05, 0.1) is 0 Å². The number of hydrogen-bond donors (Lipinski definition) is 0. The van der Waals surface area contributed by atoms with E-state index >= 15 is 0 Å². The number of thioether (sulfide) groups is 1. The van der Waals surface area contributed by atoms with Crippen molar-refractivity contribution in [2.75, 3.05) is 0 Å². The summed E-state index contributed by atoms with van der Waals surface area (Å²) in [6.07, 6.45) is 5.02. The highest BCUT2D eigenvalue weighted by atomic mass is 79.9. The fourth-order valence-corrected chi connectivity index (χ4v) is 3.54. The molecule has 0 aromatic rings. The van der Waals surface area contributed by atoms with Crippen molar-refractivity contribution < 1.29 is 0 Å². The number of halogens is 3. The van der Waals surface area contributed by atoms with E-state index in [0.717, 1.165) is 4.83 Å². The lowest BCUT2D eigenvalue weighted by atomic mass is 10.0. The molecule has 0 amide bonds. The molecule has 0 atom stereocenters. The maximum atomic E-state index is 5.66. The molecule has 11 heavy (non-hydrogen) atoms. The van der Waals surface area contributed by atoms with Crippen molar-refractivity contribution in [3.63, 3.8) is 0 Å². The second kappa shape index (κ2) is 5.21. The van der Waals surface area contributed by atoms with Gasteiger partial charge in [0.1, 0.15) is 0 Å². The number of alkyl halides is 3. The van der Waals surface area contributed by atoms with E-state index in [9.17, 15) is 0 Å². The summed E-state index contributed by atoms with van der Waals surface area (Å²) in [4.78, 5) is 0.725. The third-order valence-corrected chi connectivity index (χ3v) is 4.49. The quantitative estimate of drug-likeness (QED) is 0.682. The van der Waals surface area contributed by atoms with E-state index in [1.165, 1.54) is 25.7 Å². The minimum Gasteiger partial charge on any atom is -0.123 e. The zero-order chi connectivity index (χ0) is 8.27. The molecule has 1 fully saturated rings. The second-order valence-electron chi connectivity index (χ2n) is 2.77. The molecule has 66 valence electrons. The molecule has 0 bridgehead atoms. The summed E-state index contributed by atoms with van der Waals surface area (Å²) in [6.45, 7) is 0. The molecule has 0 heterocycles. The van der Waals surface area contributed by atoms with Crippen molar-refractivity contribution >= 4 is 50.9 Å². The van der Waals surface area contributed by atoms with Crippen LogP contribution < -0.4 is 0 Å². The van der Waals surface area contributed by atoms with Crippen molar-refractivity contribution in [1.82, 2.24) is 0 Å². The Morgan fingerprint density at radius 1 is 1.18 bits per heavy atom. The SMILES string of the molecule is ClC(Cl)SC1CCC(Br)CC1. The van der Waals surface area contributed by atoms with Crippen LogP contribution in [0.2, 0.25) is 0 Å². The van der Waals surface area contributed by atoms with Crippen LogP contribution in [0.5, 0.6) is 0 Å². The molecule has 0 aromatic heterocycles. The molecular weight excluding hydrogens is 267 g/mol. The first-order chi connectivity index (χ1) is 5.18. The predicted octanol–water partition coefficient (Wildman–Crippen LogP) is 4.19. The molecule has 1 saturated carbocycles. The third-order valence-electron chi connectivity index (χ3n) is 1.90. The van der Waals surface area contributed by atoms with Crippen LogP contribution in [0.25, 0.3) is 0 Å². The Morgan fingerprint density at radius 3 is 2.18 bits per heavy atom. The van der Waals surface area contributed by atoms with Gasteiger partial charge in [-0.1, -0.05) is 39.1 Å². The Kier molecular flexibility index (Phi) is 4.97. The summed E-state index contributed by atoms with van der Waals surface area (Å²) in [6, 6.07) is 0. The summed E-state index contributed by atoms with van der Waals surface area (Å²) < 4.78 is -0.244. The van der Waals surface area contributed by atoms with E-state index in [1.54, 1.807) is 11.8 Å². The van der Waals surface area contributed by atoms with Gasteiger partial charge in [-0.25, -0.2) is 0 Å². The largest absolute Gasteiger partial charge is 0.153 e. The zero-order valence-electron chi connectivity index (χ0n) is 6.10. The highest BCUT2D eigenvalue weighted by Crippen LogP contribution is 2.35. The van der Waals surface area contributed by atoms with Gasteiger partial charge in [0.25, 0.3) is 0 Å². The van der Waals surface area contributed by atoms with Crippen LogP contribution in [0.1, 0.15) is 25.7 Å². The molecule has 4 heteroatoms. The van der Waals surface area contributed by atoms with Gasteiger partial charge in [0.2, 0.25) is 0 Å². The van der Waals surface area contributed by atoms with Gasteiger partial charge in [-0.2, -0.15) is 0 Å². The molecule has 0 aliphatic heterocycles. The van der Waals surface area contributed by atoms with Crippen LogP contribution >= 0.6 is 50.9 Å². The summed E-state index contributed by atoms with van der Waals surface area (Å²) in [5.74, 6) is 0. The van der Waals surface area contributed by atoms with E-state index < -0.39 is 0 Å². The van der Waals surface area contributed by atoms with Crippen molar-refractivity contribution in [1.29, 1.82) is 0 Å². The molecule has 1 rings (SSSR count). The number of hydrogen-bond acceptors (Lipinski definition) is 1. The highest BCUT2D eigenvalue weighted by Gasteiger charge is 2.21. The Hall–Kier alpha value is 1.41. The standard InChI is InChI=1S/C7H11BrCl2S/c8-5-1-3-6(4-2-5)11-7(9)10/h5-7H,1-4H2. The zero-order valence-corrected chi connectivity index (χ0v) is 10.0. The van der Waals surface area contributed by atoms with Crippen LogP contribution in [-0.4, -0.2) is 14.2 Å². The lowest BCUT2D eigenvalue weighted by molar-refractivity contribution is 0.534. The van der Waals surface area contributed by atoms with Crippen molar-refractivity contribution in [2.45, 2.75) is 39.9 Å². The summed E-state index contributed by atoms with van der Waals surface area (Å²) in [5, 5.41) is 0.684. The molecule has 0 aromatic carbocycles. The Labute approximate surface area is 90.5 Å². The van der Waals surface area contributed by atoms with E-state index in [4.69, 9.17) is 23.2 Å². The van der Waals surface area contributed by atoms with E-state index in [1.807, 2.05) is 0 Å².